The molecular formula is C21H29N3O6. The number of methoxy groups -OCH3 is 3. The molecule has 1 fully saturated rings. The number of H-pyrrole nitrogens is 1. The molecule has 0 saturated carbocycles. The number of carbonyl (C=O) groups is 2. The molecule has 1 aromatic carbocycles. The molecule has 1 aliphatic rings. The van der Waals surface area contributed by atoms with E-state index in [2.05, 4.69) is 15.2 Å². The molecule has 3 rings (SSSR count). The van der Waals surface area contributed by atoms with Crippen molar-refractivity contribution in [3.05, 3.63) is 17.8 Å². The third kappa shape index (κ3) is 4.52. The Morgan fingerprint density at radius 2 is 1.93 bits per heavy atom. The summed E-state index contributed by atoms with van der Waals surface area (Å²) in [7, 11) is 4.33. The molecule has 2 aromatic rings. The second kappa shape index (κ2) is 9.82. The monoisotopic (exact) mass is 419 g/mol. The summed E-state index contributed by atoms with van der Waals surface area (Å²) in [5, 5.41) is 12.8. The van der Waals surface area contributed by atoms with Crippen LogP contribution in [0.3, 0.4) is 0 Å². The Morgan fingerprint density at radius 1 is 1.20 bits per heavy atom. The Hall–Kier alpha value is -2.78. The average molecular weight is 419 g/mol. The number of rotatable bonds is 8. The molecule has 0 aliphatic carbocycles. The van der Waals surface area contributed by atoms with Crippen LogP contribution in [0.5, 0.6) is 11.5 Å². The molecule has 1 atom stereocenters. The molecule has 0 bridgehead atoms. The molecule has 2 heterocycles. The number of hydrogen-bond donors (Lipinski definition) is 3. The predicted octanol–water partition coefficient (Wildman–Crippen LogP) is 2.15. The van der Waals surface area contributed by atoms with E-state index < -0.39 is 5.97 Å². The van der Waals surface area contributed by atoms with Crippen LogP contribution in [0.4, 0.5) is 5.69 Å². The van der Waals surface area contributed by atoms with Crippen LogP contribution in [-0.2, 0) is 9.53 Å². The maximum absolute atomic E-state index is 12.9. The highest BCUT2D eigenvalue weighted by molar-refractivity contribution is 6.11. The van der Waals surface area contributed by atoms with Gasteiger partial charge in [-0.25, -0.2) is 4.79 Å². The van der Waals surface area contributed by atoms with E-state index in [1.165, 1.54) is 21.3 Å². The Labute approximate surface area is 175 Å². The molecule has 30 heavy (non-hydrogen) atoms. The number of esters is 1. The molecule has 164 valence electrons. The molecule has 3 N–H and O–H groups in total. The van der Waals surface area contributed by atoms with Gasteiger partial charge in [-0.1, -0.05) is 6.42 Å². The van der Waals surface area contributed by atoms with Crippen LogP contribution in [0.2, 0.25) is 0 Å². The number of ether oxygens (including phenoxy) is 3. The molecule has 9 heteroatoms. The van der Waals surface area contributed by atoms with Crippen LogP contribution in [0.25, 0.3) is 10.9 Å². The van der Waals surface area contributed by atoms with Crippen LogP contribution >= 0.6 is 0 Å². The lowest BCUT2D eigenvalue weighted by molar-refractivity contribution is -0.118. The summed E-state index contributed by atoms with van der Waals surface area (Å²) in [6.07, 6.45) is 3.72. The maximum Gasteiger partial charge on any atom is 0.356 e. The van der Waals surface area contributed by atoms with Crippen LogP contribution < -0.4 is 14.8 Å². The fraction of sp³-hybridized carbons (Fsp3) is 0.524. The number of aromatic nitrogens is 1. The summed E-state index contributed by atoms with van der Waals surface area (Å²) >= 11 is 0. The minimum atomic E-state index is -0.587. The van der Waals surface area contributed by atoms with Gasteiger partial charge in [0.05, 0.1) is 39.1 Å². The average Bonchev–Trinajstić information content (AvgIpc) is 3.10. The second-order valence-corrected chi connectivity index (χ2v) is 7.30. The van der Waals surface area contributed by atoms with E-state index in [1.807, 2.05) is 0 Å². The number of benzene rings is 1. The van der Waals surface area contributed by atoms with Crippen molar-refractivity contribution in [2.24, 2.45) is 0 Å². The molecule has 0 radical (unpaired) electrons. The quantitative estimate of drug-likeness (QED) is 0.562. The third-order valence-electron chi connectivity index (χ3n) is 5.51. The fourth-order valence-electron chi connectivity index (χ4n) is 4.01. The summed E-state index contributed by atoms with van der Waals surface area (Å²) in [5.74, 6) is 0.159. The molecule has 0 spiro atoms. The van der Waals surface area contributed by atoms with E-state index in [0.717, 1.165) is 25.8 Å². The van der Waals surface area contributed by atoms with Gasteiger partial charge in [0.1, 0.15) is 5.69 Å². The predicted molar refractivity (Wildman–Crippen MR) is 112 cm³/mol. The summed E-state index contributed by atoms with van der Waals surface area (Å²) in [6, 6.07) is 3.60. The van der Waals surface area contributed by atoms with Gasteiger partial charge in [-0.2, -0.15) is 0 Å². The van der Waals surface area contributed by atoms with Crippen LogP contribution in [-0.4, -0.2) is 73.9 Å². The summed E-state index contributed by atoms with van der Waals surface area (Å²) in [4.78, 5) is 30.3. The van der Waals surface area contributed by atoms with Gasteiger partial charge in [0.25, 0.3) is 0 Å². The number of hydrogen-bond acceptors (Lipinski definition) is 7. The SMILES string of the molecule is COC(=O)c1[nH]c2cc(OC)c(OC)cc2c1NC(=O)CN1CCCC[C@H]1CCO. The number of nitrogens with one attached hydrogen (secondary N) is 2. The zero-order valence-electron chi connectivity index (χ0n) is 17.6. The van der Waals surface area contributed by atoms with Crippen molar-refractivity contribution in [3.8, 4) is 11.5 Å². The molecule has 1 aromatic heterocycles. The van der Waals surface area contributed by atoms with Crippen LogP contribution in [0.15, 0.2) is 12.1 Å². The molecule has 1 saturated heterocycles. The zero-order valence-corrected chi connectivity index (χ0v) is 17.6. The first-order valence-electron chi connectivity index (χ1n) is 10.0. The smallest absolute Gasteiger partial charge is 0.356 e. The van der Waals surface area contributed by atoms with Crippen molar-refractivity contribution < 1.29 is 28.9 Å². The third-order valence-corrected chi connectivity index (χ3v) is 5.51. The summed E-state index contributed by atoms with van der Waals surface area (Å²) in [6.45, 7) is 1.09. The fourth-order valence-corrected chi connectivity index (χ4v) is 4.01. The van der Waals surface area contributed by atoms with Crippen molar-refractivity contribution in [1.29, 1.82) is 0 Å². The van der Waals surface area contributed by atoms with Gasteiger partial charge in [-0.05, 0) is 31.9 Å². The lowest BCUT2D eigenvalue weighted by Gasteiger charge is -2.34. The van der Waals surface area contributed by atoms with Crippen molar-refractivity contribution >= 4 is 28.5 Å². The van der Waals surface area contributed by atoms with E-state index in [1.54, 1.807) is 12.1 Å². The molecule has 1 amide bonds. The van der Waals surface area contributed by atoms with Gasteiger partial charge in [0.2, 0.25) is 5.91 Å². The van der Waals surface area contributed by atoms with Gasteiger partial charge in [0, 0.05) is 24.1 Å². The lowest BCUT2D eigenvalue weighted by Crippen LogP contribution is -2.44. The Morgan fingerprint density at radius 3 is 2.60 bits per heavy atom. The number of anilines is 1. The number of aliphatic hydroxyl groups is 1. The van der Waals surface area contributed by atoms with Crippen LogP contribution in [0.1, 0.15) is 36.2 Å². The number of aliphatic hydroxyl groups excluding tert-OH is 1. The first kappa shape index (κ1) is 21.9. The second-order valence-electron chi connectivity index (χ2n) is 7.30. The highest BCUT2D eigenvalue weighted by Gasteiger charge is 2.26. The topological polar surface area (TPSA) is 113 Å². The van der Waals surface area contributed by atoms with Gasteiger partial charge >= 0.3 is 5.97 Å². The molecule has 1 aliphatic heterocycles. The first-order chi connectivity index (χ1) is 14.5. The Kier molecular flexibility index (Phi) is 7.17. The molecular weight excluding hydrogens is 390 g/mol. The van der Waals surface area contributed by atoms with Crippen molar-refractivity contribution in [3.63, 3.8) is 0 Å². The van der Waals surface area contributed by atoms with Crippen molar-refractivity contribution in [2.45, 2.75) is 31.7 Å². The van der Waals surface area contributed by atoms with E-state index in [9.17, 15) is 14.7 Å². The van der Waals surface area contributed by atoms with Crippen molar-refractivity contribution in [2.75, 3.05) is 46.3 Å². The normalized spacial score (nSPS) is 17.0. The number of piperidine rings is 1. The summed E-state index contributed by atoms with van der Waals surface area (Å²) < 4.78 is 15.6. The van der Waals surface area contributed by atoms with E-state index >= 15 is 0 Å². The summed E-state index contributed by atoms with van der Waals surface area (Å²) in [5.41, 5.74) is 1.11. The maximum atomic E-state index is 12.9. The highest BCUT2D eigenvalue weighted by atomic mass is 16.5. The van der Waals surface area contributed by atoms with E-state index in [-0.39, 0.29) is 30.8 Å². The van der Waals surface area contributed by atoms with Crippen molar-refractivity contribution in [1.82, 2.24) is 9.88 Å². The largest absolute Gasteiger partial charge is 0.493 e. The van der Waals surface area contributed by atoms with E-state index in [0.29, 0.717) is 34.5 Å². The van der Waals surface area contributed by atoms with Crippen LogP contribution in [0, 0.1) is 0 Å². The van der Waals surface area contributed by atoms with Gasteiger partial charge in [-0.15, -0.1) is 0 Å². The van der Waals surface area contributed by atoms with E-state index in [4.69, 9.17) is 14.2 Å². The first-order valence-corrected chi connectivity index (χ1v) is 10.0. The molecule has 0 unspecified atom stereocenters. The number of carbonyl (C=O) groups excluding carboxylic acids is 2. The number of nitrogens with zero attached hydrogens (tertiary/aromatic N) is 1. The highest BCUT2D eigenvalue weighted by Crippen LogP contribution is 2.37. The van der Waals surface area contributed by atoms with Gasteiger partial charge in [0.15, 0.2) is 11.5 Å². The standard InChI is InChI=1S/C21H29N3O6/c1-28-16-10-14-15(11-17(16)29-2)22-20(21(27)30-3)19(14)23-18(26)12-24-8-5-4-6-13(24)7-9-25/h10-11,13,22,25H,4-9,12H2,1-3H3,(H,23,26)/t13-/m0/s1. The lowest BCUT2D eigenvalue weighted by atomic mass is 9.99. The number of amides is 1. The minimum absolute atomic E-state index is 0.0966. The molecule has 9 nitrogen and oxygen atoms in total. The Bertz CT molecular complexity index is 908. The number of aromatic amines is 1. The van der Waals surface area contributed by atoms with Gasteiger partial charge in [-0.3, -0.25) is 9.69 Å². The number of fused-ring (bicyclic) bond motifs is 1. The minimum Gasteiger partial charge on any atom is -0.493 e. The Balaban J connectivity index is 1.91. The zero-order chi connectivity index (χ0) is 21.7. The van der Waals surface area contributed by atoms with Gasteiger partial charge < -0.3 is 29.6 Å². The number of likely N-dealkylation sites (tertiary alicyclic amines) is 1.